The average Bonchev–Trinajstić information content (AvgIpc) is 2.94. The van der Waals surface area contributed by atoms with Crippen molar-refractivity contribution in [1.82, 2.24) is 9.47 Å². The number of aromatic nitrogens is 1. The summed E-state index contributed by atoms with van der Waals surface area (Å²) in [5.41, 5.74) is 4.30. The van der Waals surface area contributed by atoms with Crippen molar-refractivity contribution in [1.29, 1.82) is 5.26 Å². The SMILES string of the molecule is COC(=O)n1cc2c3c(cccc31)C1=CCCN(C#N)[C@@H]1C2. The van der Waals surface area contributed by atoms with Crippen LogP contribution in [0.25, 0.3) is 16.5 Å². The van der Waals surface area contributed by atoms with Gasteiger partial charge < -0.3 is 9.64 Å². The van der Waals surface area contributed by atoms with Crippen molar-refractivity contribution in [2.45, 2.75) is 18.9 Å². The van der Waals surface area contributed by atoms with Gasteiger partial charge in [0, 0.05) is 18.1 Å². The molecule has 1 aromatic carbocycles. The van der Waals surface area contributed by atoms with E-state index in [4.69, 9.17) is 4.74 Å². The lowest BCUT2D eigenvalue weighted by Gasteiger charge is -2.35. The summed E-state index contributed by atoms with van der Waals surface area (Å²) in [7, 11) is 1.39. The molecule has 2 aromatic rings. The van der Waals surface area contributed by atoms with E-state index in [0.717, 1.165) is 41.4 Å². The van der Waals surface area contributed by atoms with Crippen molar-refractivity contribution < 1.29 is 9.53 Å². The molecule has 2 heterocycles. The number of nitriles is 1. The van der Waals surface area contributed by atoms with Gasteiger partial charge in [0.25, 0.3) is 0 Å². The van der Waals surface area contributed by atoms with E-state index in [1.165, 1.54) is 12.7 Å². The van der Waals surface area contributed by atoms with Crippen LogP contribution in [0.15, 0.2) is 30.5 Å². The number of benzene rings is 1. The molecule has 1 aromatic heterocycles. The maximum Gasteiger partial charge on any atom is 0.418 e. The molecule has 0 spiro atoms. The summed E-state index contributed by atoms with van der Waals surface area (Å²) < 4.78 is 6.43. The topological polar surface area (TPSA) is 58.3 Å². The normalized spacial score (nSPS) is 19.4. The van der Waals surface area contributed by atoms with Gasteiger partial charge in [-0.2, -0.15) is 5.26 Å². The highest BCUT2D eigenvalue weighted by Crippen LogP contribution is 2.40. The molecule has 0 fully saturated rings. The Kier molecular flexibility index (Phi) is 2.73. The first-order valence-corrected chi connectivity index (χ1v) is 7.32. The zero-order valence-corrected chi connectivity index (χ0v) is 12.2. The van der Waals surface area contributed by atoms with E-state index in [2.05, 4.69) is 18.3 Å². The quantitative estimate of drug-likeness (QED) is 0.701. The van der Waals surface area contributed by atoms with Gasteiger partial charge in [-0.05, 0) is 35.6 Å². The number of carbonyl (C=O) groups excluding carboxylic acids is 1. The third kappa shape index (κ3) is 1.61. The van der Waals surface area contributed by atoms with Crippen molar-refractivity contribution in [2.75, 3.05) is 13.7 Å². The van der Waals surface area contributed by atoms with Crippen LogP contribution < -0.4 is 0 Å². The third-order valence-electron chi connectivity index (χ3n) is 4.60. The number of hydrogen-bond acceptors (Lipinski definition) is 4. The lowest BCUT2D eigenvalue weighted by atomic mass is 9.82. The van der Waals surface area contributed by atoms with Crippen LogP contribution in [0.2, 0.25) is 0 Å². The fourth-order valence-corrected chi connectivity index (χ4v) is 3.67. The summed E-state index contributed by atoms with van der Waals surface area (Å²) in [5.74, 6) is 0. The molecule has 0 saturated heterocycles. The van der Waals surface area contributed by atoms with Crippen molar-refractivity contribution in [2.24, 2.45) is 0 Å². The van der Waals surface area contributed by atoms with Crippen LogP contribution in [0.5, 0.6) is 0 Å². The largest absolute Gasteiger partial charge is 0.452 e. The molecule has 2 aliphatic rings. The van der Waals surface area contributed by atoms with Crippen LogP contribution in [-0.4, -0.2) is 35.3 Å². The summed E-state index contributed by atoms with van der Waals surface area (Å²) in [6.45, 7) is 0.758. The van der Waals surface area contributed by atoms with E-state index < -0.39 is 0 Å². The first-order valence-electron chi connectivity index (χ1n) is 7.32. The maximum absolute atomic E-state index is 12.0. The first kappa shape index (κ1) is 13.0. The van der Waals surface area contributed by atoms with E-state index in [-0.39, 0.29) is 12.1 Å². The van der Waals surface area contributed by atoms with E-state index in [1.54, 1.807) is 4.57 Å². The highest BCUT2D eigenvalue weighted by molar-refractivity contribution is 6.01. The Morgan fingerprint density at radius 1 is 1.45 bits per heavy atom. The van der Waals surface area contributed by atoms with Crippen molar-refractivity contribution in [3.8, 4) is 6.19 Å². The monoisotopic (exact) mass is 293 g/mol. The molecular weight excluding hydrogens is 278 g/mol. The van der Waals surface area contributed by atoms with Crippen molar-refractivity contribution >= 4 is 22.6 Å². The zero-order chi connectivity index (χ0) is 15.3. The molecule has 1 atom stereocenters. The lowest BCUT2D eigenvalue weighted by molar-refractivity contribution is 0.174. The van der Waals surface area contributed by atoms with Gasteiger partial charge in [-0.1, -0.05) is 18.2 Å². The molecule has 0 bridgehead atoms. The molecule has 0 radical (unpaired) electrons. The smallest absolute Gasteiger partial charge is 0.418 e. The predicted molar refractivity (Wildman–Crippen MR) is 82.1 cm³/mol. The molecule has 22 heavy (non-hydrogen) atoms. The van der Waals surface area contributed by atoms with Gasteiger partial charge in [0.2, 0.25) is 0 Å². The summed E-state index contributed by atoms with van der Waals surface area (Å²) in [6.07, 6.45) is 7.62. The second kappa shape index (κ2) is 4.63. The Bertz CT molecular complexity index is 857. The van der Waals surface area contributed by atoms with Gasteiger partial charge in [0.05, 0.1) is 18.7 Å². The standard InChI is InChI=1S/C17H15N3O2/c1-22-17(21)20-9-11-8-15-12(5-3-7-19(15)10-18)13-4-2-6-14(20)16(11)13/h2,4-6,9,15H,3,7-8H2,1H3/t15-/m1/s1. The Labute approximate surface area is 128 Å². The summed E-state index contributed by atoms with van der Waals surface area (Å²) in [5, 5.41) is 10.5. The molecule has 0 unspecified atom stereocenters. The minimum atomic E-state index is -0.385. The van der Waals surface area contributed by atoms with Crippen LogP contribution in [0.1, 0.15) is 17.5 Å². The molecule has 1 aliphatic carbocycles. The van der Waals surface area contributed by atoms with Gasteiger partial charge in [0.1, 0.15) is 0 Å². The van der Waals surface area contributed by atoms with Gasteiger partial charge in [-0.15, -0.1) is 0 Å². The third-order valence-corrected chi connectivity index (χ3v) is 4.60. The summed E-state index contributed by atoms with van der Waals surface area (Å²) in [4.78, 5) is 13.8. The molecule has 0 N–H and O–H groups in total. The summed E-state index contributed by atoms with van der Waals surface area (Å²) in [6, 6.07) is 6.04. The molecule has 5 heteroatoms. The minimum Gasteiger partial charge on any atom is -0.452 e. The lowest BCUT2D eigenvalue weighted by Crippen LogP contribution is -2.38. The Morgan fingerprint density at radius 3 is 3.09 bits per heavy atom. The van der Waals surface area contributed by atoms with Crippen LogP contribution in [-0.2, 0) is 11.2 Å². The number of nitrogens with zero attached hydrogens (tertiary/aromatic N) is 3. The van der Waals surface area contributed by atoms with Crippen molar-refractivity contribution in [3.63, 3.8) is 0 Å². The number of hydrogen-bond donors (Lipinski definition) is 0. The predicted octanol–water partition coefficient (Wildman–Crippen LogP) is 2.75. The van der Waals surface area contributed by atoms with E-state index in [9.17, 15) is 10.1 Å². The molecule has 0 saturated carbocycles. The number of fused-ring (bicyclic) bond motifs is 2. The van der Waals surface area contributed by atoms with Crippen LogP contribution in [0.4, 0.5) is 4.79 Å². The van der Waals surface area contributed by atoms with Gasteiger partial charge in [-0.25, -0.2) is 4.79 Å². The van der Waals surface area contributed by atoms with E-state index in [0.29, 0.717) is 0 Å². The molecule has 1 aliphatic heterocycles. The average molecular weight is 293 g/mol. The van der Waals surface area contributed by atoms with Gasteiger partial charge >= 0.3 is 6.09 Å². The van der Waals surface area contributed by atoms with E-state index >= 15 is 0 Å². The van der Waals surface area contributed by atoms with Crippen LogP contribution in [0.3, 0.4) is 0 Å². The van der Waals surface area contributed by atoms with Gasteiger partial charge in [-0.3, -0.25) is 4.57 Å². The maximum atomic E-state index is 12.0. The van der Waals surface area contributed by atoms with Gasteiger partial charge in [0.15, 0.2) is 6.19 Å². The number of ether oxygens (including phenoxy) is 1. The zero-order valence-electron chi connectivity index (χ0n) is 12.2. The summed E-state index contributed by atoms with van der Waals surface area (Å²) >= 11 is 0. The number of methoxy groups -OCH3 is 1. The molecule has 4 rings (SSSR count). The molecule has 5 nitrogen and oxygen atoms in total. The van der Waals surface area contributed by atoms with Crippen LogP contribution >= 0.6 is 0 Å². The van der Waals surface area contributed by atoms with E-state index in [1.807, 2.05) is 23.2 Å². The fraction of sp³-hybridized carbons (Fsp3) is 0.294. The van der Waals surface area contributed by atoms with Crippen molar-refractivity contribution in [3.05, 3.63) is 41.6 Å². The highest BCUT2D eigenvalue weighted by Gasteiger charge is 2.33. The Morgan fingerprint density at radius 2 is 2.32 bits per heavy atom. The second-order valence-corrected chi connectivity index (χ2v) is 5.66. The number of carbonyl (C=O) groups is 1. The highest BCUT2D eigenvalue weighted by atomic mass is 16.5. The minimum absolute atomic E-state index is 0.0744. The Hall–Kier alpha value is -2.74. The fourth-order valence-electron chi connectivity index (χ4n) is 3.67. The first-order chi connectivity index (χ1) is 10.7. The Balaban J connectivity index is 1.97. The molecule has 110 valence electrons. The number of rotatable bonds is 0. The molecular formula is C17H15N3O2. The van der Waals surface area contributed by atoms with Crippen LogP contribution in [0, 0.1) is 11.5 Å². The molecule has 0 amide bonds. The second-order valence-electron chi connectivity index (χ2n) is 5.66.